The van der Waals surface area contributed by atoms with Gasteiger partial charge in [-0.25, -0.2) is 9.50 Å². The summed E-state index contributed by atoms with van der Waals surface area (Å²) in [4.78, 5) is 7.73. The highest BCUT2D eigenvalue weighted by Crippen LogP contribution is 2.21. The number of nitrogens with zero attached hydrogens (tertiary/aromatic N) is 4. The number of hydrogen-bond acceptors (Lipinski definition) is 4. The lowest BCUT2D eigenvalue weighted by atomic mass is 10.4. The molecule has 9 heteroatoms. The highest BCUT2D eigenvalue weighted by atomic mass is 79.9. The van der Waals surface area contributed by atoms with E-state index in [0.29, 0.717) is 4.73 Å². The maximum Gasteiger partial charge on any atom is 0.392 e. The van der Waals surface area contributed by atoms with E-state index in [-0.39, 0.29) is 11.5 Å². The summed E-state index contributed by atoms with van der Waals surface area (Å²) in [5.41, 5.74) is 0.265. The Morgan fingerprint density at radius 1 is 1.41 bits per heavy atom. The minimum Gasteiger partial charge on any atom is -0.475 e. The minimum absolute atomic E-state index is 0.0231. The van der Waals surface area contributed by atoms with Gasteiger partial charge in [-0.1, -0.05) is 0 Å². The van der Waals surface area contributed by atoms with Crippen molar-refractivity contribution in [3.8, 4) is 5.88 Å². The van der Waals surface area contributed by atoms with Crippen LogP contribution in [0.4, 0.5) is 13.2 Å². The van der Waals surface area contributed by atoms with Gasteiger partial charge in [0.1, 0.15) is 0 Å². The normalized spacial score (nSPS) is 12.0. The van der Waals surface area contributed by atoms with Crippen molar-refractivity contribution in [2.24, 2.45) is 0 Å². The van der Waals surface area contributed by atoms with E-state index in [1.165, 1.54) is 16.9 Å². The Balaban J connectivity index is 2.13. The molecule has 0 aliphatic rings. The number of hydrogen-bond donors (Lipinski definition) is 0. The summed E-state index contributed by atoms with van der Waals surface area (Å²) < 4.78 is 42.4. The Bertz CT molecular complexity index is 527. The third-order valence-electron chi connectivity index (χ3n) is 1.82. The average molecular weight is 311 g/mol. The van der Waals surface area contributed by atoms with E-state index in [4.69, 9.17) is 4.74 Å². The largest absolute Gasteiger partial charge is 0.475 e. The molecule has 0 radical (unpaired) electrons. The van der Waals surface area contributed by atoms with E-state index < -0.39 is 19.2 Å². The summed E-state index contributed by atoms with van der Waals surface area (Å²) in [6.45, 7) is -0.499. The SMILES string of the molecule is FC(F)(F)CCOc1nccn2nc(Br)nc12. The molecule has 0 saturated carbocycles. The molecule has 0 saturated heterocycles. The molecule has 0 aliphatic heterocycles. The van der Waals surface area contributed by atoms with Crippen LogP contribution in [0.1, 0.15) is 6.42 Å². The zero-order chi connectivity index (χ0) is 12.5. The maximum absolute atomic E-state index is 11.9. The van der Waals surface area contributed by atoms with Gasteiger partial charge in [0.15, 0.2) is 0 Å². The molecule has 0 bridgehead atoms. The molecule has 0 unspecified atom stereocenters. The molecule has 92 valence electrons. The van der Waals surface area contributed by atoms with Crippen molar-refractivity contribution in [2.45, 2.75) is 12.6 Å². The highest BCUT2D eigenvalue weighted by molar-refractivity contribution is 9.10. The van der Waals surface area contributed by atoms with Gasteiger partial charge >= 0.3 is 6.18 Å². The monoisotopic (exact) mass is 310 g/mol. The second-order valence-electron chi connectivity index (χ2n) is 3.10. The number of rotatable bonds is 3. The predicted molar refractivity (Wildman–Crippen MR) is 54.6 cm³/mol. The molecule has 0 fully saturated rings. The Hall–Kier alpha value is -1.38. The van der Waals surface area contributed by atoms with Crippen LogP contribution in [0, 0.1) is 0 Å². The van der Waals surface area contributed by atoms with Crippen LogP contribution >= 0.6 is 15.9 Å². The third-order valence-corrected chi connectivity index (χ3v) is 2.16. The minimum atomic E-state index is -4.25. The van der Waals surface area contributed by atoms with Gasteiger partial charge in [0, 0.05) is 12.4 Å². The van der Waals surface area contributed by atoms with E-state index in [1.54, 1.807) is 0 Å². The molecule has 0 atom stereocenters. The fourth-order valence-electron chi connectivity index (χ4n) is 1.13. The second-order valence-corrected chi connectivity index (χ2v) is 3.80. The Kier molecular flexibility index (Phi) is 3.18. The van der Waals surface area contributed by atoms with Gasteiger partial charge in [-0.2, -0.15) is 18.2 Å². The van der Waals surface area contributed by atoms with Gasteiger partial charge in [-0.3, -0.25) is 0 Å². The van der Waals surface area contributed by atoms with Gasteiger partial charge in [0.05, 0.1) is 13.0 Å². The number of fused-ring (bicyclic) bond motifs is 1. The lowest BCUT2D eigenvalue weighted by Gasteiger charge is -2.07. The molecule has 5 nitrogen and oxygen atoms in total. The summed E-state index contributed by atoms with van der Waals surface area (Å²) in [5.74, 6) is 0.0231. The van der Waals surface area contributed by atoms with Gasteiger partial charge in [-0.15, -0.1) is 5.10 Å². The quantitative estimate of drug-likeness (QED) is 0.872. The molecule has 0 aliphatic carbocycles. The molecule has 17 heavy (non-hydrogen) atoms. The summed E-state index contributed by atoms with van der Waals surface area (Å²) in [7, 11) is 0. The molecule has 2 heterocycles. The van der Waals surface area contributed by atoms with Crippen LogP contribution in [0.25, 0.3) is 5.65 Å². The van der Waals surface area contributed by atoms with Crippen LogP contribution in [0.15, 0.2) is 17.1 Å². The molecular weight excluding hydrogens is 305 g/mol. The molecule has 0 N–H and O–H groups in total. The molecule has 0 spiro atoms. The summed E-state index contributed by atoms with van der Waals surface area (Å²) in [6, 6.07) is 0. The van der Waals surface area contributed by atoms with Crippen LogP contribution < -0.4 is 4.74 Å². The van der Waals surface area contributed by atoms with Crippen LogP contribution in [0.5, 0.6) is 5.88 Å². The zero-order valence-electron chi connectivity index (χ0n) is 8.28. The molecule has 2 rings (SSSR count). The van der Waals surface area contributed by atoms with E-state index in [9.17, 15) is 13.2 Å². The molecule has 0 aromatic carbocycles. The van der Waals surface area contributed by atoms with Gasteiger partial charge in [0.2, 0.25) is 10.4 Å². The van der Waals surface area contributed by atoms with Crippen molar-refractivity contribution in [1.29, 1.82) is 0 Å². The maximum atomic E-state index is 11.9. The van der Waals surface area contributed by atoms with Crippen molar-refractivity contribution in [3.63, 3.8) is 0 Å². The Morgan fingerprint density at radius 3 is 2.88 bits per heavy atom. The lowest BCUT2D eigenvalue weighted by Crippen LogP contribution is -2.13. The van der Waals surface area contributed by atoms with Crippen molar-refractivity contribution in [2.75, 3.05) is 6.61 Å². The van der Waals surface area contributed by atoms with Crippen LogP contribution in [0.2, 0.25) is 0 Å². The molecule has 2 aromatic heterocycles. The van der Waals surface area contributed by atoms with E-state index >= 15 is 0 Å². The lowest BCUT2D eigenvalue weighted by molar-refractivity contribution is -0.139. The molecule has 0 amide bonds. The van der Waals surface area contributed by atoms with Gasteiger partial charge < -0.3 is 4.74 Å². The van der Waals surface area contributed by atoms with Gasteiger partial charge in [-0.05, 0) is 15.9 Å². The average Bonchev–Trinajstić information content (AvgIpc) is 2.57. The summed E-state index contributed by atoms with van der Waals surface area (Å²) in [5, 5.41) is 3.91. The summed E-state index contributed by atoms with van der Waals surface area (Å²) in [6.07, 6.45) is -2.40. The topological polar surface area (TPSA) is 52.3 Å². The van der Waals surface area contributed by atoms with Crippen LogP contribution in [-0.4, -0.2) is 32.4 Å². The standard InChI is InChI=1S/C8H6BrF3N4O/c9-7-14-5-6(13-2-3-16(5)15-7)17-4-1-8(10,11)12/h2-3H,1,4H2. The van der Waals surface area contributed by atoms with E-state index in [1.807, 2.05) is 0 Å². The number of aromatic nitrogens is 4. The fraction of sp³-hybridized carbons (Fsp3) is 0.375. The number of ether oxygens (including phenoxy) is 1. The van der Waals surface area contributed by atoms with Crippen molar-refractivity contribution >= 4 is 21.6 Å². The van der Waals surface area contributed by atoms with E-state index in [2.05, 4.69) is 31.0 Å². The highest BCUT2D eigenvalue weighted by Gasteiger charge is 2.27. The molecule has 2 aromatic rings. The molecular formula is C8H6BrF3N4O. The Morgan fingerprint density at radius 2 is 2.18 bits per heavy atom. The fourth-order valence-corrected chi connectivity index (χ4v) is 1.47. The zero-order valence-corrected chi connectivity index (χ0v) is 9.86. The van der Waals surface area contributed by atoms with E-state index in [0.717, 1.165) is 0 Å². The van der Waals surface area contributed by atoms with Crippen LogP contribution in [-0.2, 0) is 0 Å². The predicted octanol–water partition coefficient (Wildman–Crippen LogP) is 2.22. The first-order valence-electron chi connectivity index (χ1n) is 4.52. The Labute approximate surface area is 102 Å². The first kappa shape index (κ1) is 12.1. The second kappa shape index (κ2) is 4.47. The van der Waals surface area contributed by atoms with Crippen molar-refractivity contribution < 1.29 is 17.9 Å². The van der Waals surface area contributed by atoms with Gasteiger partial charge in [0.25, 0.3) is 5.88 Å². The first-order valence-corrected chi connectivity index (χ1v) is 5.31. The third kappa shape index (κ3) is 3.05. The first-order chi connectivity index (χ1) is 7.96. The van der Waals surface area contributed by atoms with Crippen LogP contribution in [0.3, 0.4) is 0 Å². The number of halogens is 4. The summed E-state index contributed by atoms with van der Waals surface area (Å²) >= 11 is 3.05. The number of alkyl halides is 3. The van der Waals surface area contributed by atoms with Crippen molar-refractivity contribution in [1.82, 2.24) is 19.6 Å². The van der Waals surface area contributed by atoms with Crippen molar-refractivity contribution in [3.05, 3.63) is 17.1 Å². The smallest absolute Gasteiger partial charge is 0.392 e.